The van der Waals surface area contributed by atoms with E-state index in [0.29, 0.717) is 22.6 Å². The van der Waals surface area contributed by atoms with Crippen molar-refractivity contribution in [3.63, 3.8) is 0 Å². The van der Waals surface area contributed by atoms with Gasteiger partial charge in [-0.3, -0.25) is 19.9 Å². The molecular weight excluding hydrogens is 508 g/mol. The van der Waals surface area contributed by atoms with Gasteiger partial charge in [-0.2, -0.15) is 16.8 Å². The van der Waals surface area contributed by atoms with Gasteiger partial charge < -0.3 is 31.2 Å². The minimum atomic E-state index is -3.92. The maximum absolute atomic E-state index is 9.63. The quantitative estimate of drug-likeness (QED) is 0.0818. The number of amidine groups is 2. The summed E-state index contributed by atoms with van der Waals surface area (Å²) in [5.41, 5.74) is 12.0. The molecule has 2 aromatic rings. The summed E-state index contributed by atoms with van der Waals surface area (Å²) in [4.78, 5) is 0. The first-order valence-electron chi connectivity index (χ1n) is 9.45. The zero-order chi connectivity index (χ0) is 27.1. The Morgan fingerprint density at radius 3 is 1.14 bits per heavy atom. The number of benzene rings is 2. The lowest BCUT2D eigenvalue weighted by molar-refractivity contribution is 0.120. The fourth-order valence-electron chi connectivity index (χ4n) is 1.86. The van der Waals surface area contributed by atoms with Crippen molar-refractivity contribution in [2.45, 2.75) is 0 Å². The van der Waals surface area contributed by atoms with Gasteiger partial charge in [0.25, 0.3) is 20.2 Å². The molecule has 0 radical (unpaired) electrons. The van der Waals surface area contributed by atoms with E-state index in [4.69, 9.17) is 51.1 Å². The molecule has 0 aliphatic carbocycles. The Bertz CT molecular complexity index is 1050. The van der Waals surface area contributed by atoms with E-state index in [1.54, 1.807) is 48.5 Å². The zero-order valence-corrected chi connectivity index (χ0v) is 20.0. The van der Waals surface area contributed by atoms with Crippen LogP contribution in [0.2, 0.25) is 0 Å². The average Bonchev–Trinajstić information content (AvgIpc) is 2.74. The van der Waals surface area contributed by atoms with Crippen LogP contribution in [0, 0.1) is 10.8 Å². The van der Waals surface area contributed by atoms with Gasteiger partial charge in [-0.15, -0.1) is 0 Å². The van der Waals surface area contributed by atoms with Crippen LogP contribution in [-0.4, -0.2) is 79.3 Å². The summed E-state index contributed by atoms with van der Waals surface area (Å²) in [5, 5.41) is 30.3. The monoisotopic (exact) mass is 536 g/mol. The molecule has 0 aromatic heterocycles. The van der Waals surface area contributed by atoms with Crippen molar-refractivity contribution < 1.29 is 45.6 Å². The Morgan fingerprint density at radius 1 is 0.686 bits per heavy atom. The first kappa shape index (κ1) is 31.7. The Morgan fingerprint density at radius 2 is 0.971 bits per heavy atom. The maximum Gasteiger partial charge on any atom is 0.267 e. The Hall–Kier alpha value is -3.28. The van der Waals surface area contributed by atoms with Gasteiger partial charge in [0.1, 0.15) is 23.2 Å². The highest BCUT2D eigenvalue weighted by Gasteiger charge is 2.01. The molecule has 0 bridgehead atoms. The van der Waals surface area contributed by atoms with Crippen molar-refractivity contribution >= 4 is 31.9 Å². The predicted octanol–water partition coefficient (Wildman–Crippen LogP) is -0.597. The van der Waals surface area contributed by atoms with Gasteiger partial charge in [-0.05, 0) is 48.5 Å². The smallest absolute Gasteiger partial charge is 0.267 e. The van der Waals surface area contributed by atoms with E-state index in [1.807, 2.05) is 0 Å². The van der Waals surface area contributed by atoms with Crippen molar-refractivity contribution in [1.82, 2.24) is 0 Å². The van der Waals surface area contributed by atoms with Gasteiger partial charge in [-0.25, -0.2) is 0 Å². The molecule has 0 aliphatic rings. The number of ether oxygens (including phenoxy) is 2. The Kier molecular flexibility index (Phi) is 14.1. The van der Waals surface area contributed by atoms with E-state index < -0.39 is 45.0 Å². The van der Waals surface area contributed by atoms with Gasteiger partial charge >= 0.3 is 0 Å². The molecule has 0 aliphatic heterocycles. The van der Waals surface area contributed by atoms with Crippen LogP contribution in [0.15, 0.2) is 48.5 Å². The van der Waals surface area contributed by atoms with Crippen molar-refractivity contribution in [1.29, 1.82) is 10.8 Å². The third kappa shape index (κ3) is 16.9. The molecule has 0 fully saturated rings. The van der Waals surface area contributed by atoms with Crippen LogP contribution in [0.5, 0.6) is 11.5 Å². The fraction of sp³-hybridized carbons (Fsp3) is 0.263. The molecule has 2 rings (SSSR count). The number of nitrogen functional groups attached to an aromatic ring is 2. The number of hydrogen-bond donors (Lipinski definition) is 8. The first-order chi connectivity index (χ1) is 16.2. The minimum absolute atomic E-state index is 0.0170. The summed E-state index contributed by atoms with van der Waals surface area (Å²) in [7, 11) is -7.85. The van der Waals surface area contributed by atoms with Gasteiger partial charge in [0.05, 0.1) is 24.7 Å². The normalized spacial score (nSPS) is 10.6. The highest BCUT2D eigenvalue weighted by atomic mass is 32.2. The summed E-state index contributed by atoms with van der Waals surface area (Å²) < 4.78 is 65.0. The lowest BCUT2D eigenvalue weighted by Crippen LogP contribution is -2.11. The van der Waals surface area contributed by atoms with E-state index in [2.05, 4.69) is 0 Å². The fourth-order valence-corrected chi connectivity index (χ4v) is 2.32. The molecule has 2 aromatic carbocycles. The lowest BCUT2D eigenvalue weighted by Gasteiger charge is -2.09. The minimum Gasteiger partial charge on any atom is -0.458 e. The second kappa shape index (κ2) is 15.6. The molecule has 0 saturated carbocycles. The average molecular weight is 537 g/mol. The van der Waals surface area contributed by atoms with Crippen LogP contribution in [0.4, 0.5) is 0 Å². The molecule has 0 saturated heterocycles. The molecule has 0 spiro atoms. The first-order valence-corrected chi connectivity index (χ1v) is 12.7. The Balaban J connectivity index is 0.000000680. The van der Waals surface area contributed by atoms with E-state index in [1.165, 1.54) is 0 Å². The summed E-state index contributed by atoms with van der Waals surface area (Å²) in [5.74, 6) is 0.132. The summed E-state index contributed by atoms with van der Waals surface area (Å²) in [6.45, 7) is -1.00. The Labute approximate surface area is 202 Å². The summed E-state index contributed by atoms with van der Waals surface area (Å²) in [6, 6.07) is 13.7. The second-order valence-corrected chi connectivity index (χ2v) is 9.45. The zero-order valence-electron chi connectivity index (χ0n) is 18.4. The van der Waals surface area contributed by atoms with E-state index in [-0.39, 0.29) is 18.5 Å². The van der Waals surface area contributed by atoms with Crippen LogP contribution in [0.1, 0.15) is 11.1 Å². The number of hydrogen-bond acceptors (Lipinski definition) is 10. The van der Waals surface area contributed by atoms with E-state index in [0.717, 1.165) is 0 Å². The highest BCUT2D eigenvalue weighted by molar-refractivity contribution is 7.86. The topological polar surface area (TPSA) is 267 Å². The van der Waals surface area contributed by atoms with Gasteiger partial charge in [0.2, 0.25) is 6.79 Å². The van der Waals surface area contributed by atoms with E-state index in [9.17, 15) is 16.8 Å². The standard InChI is InChI=1S/C15H16N4O2.2C2H6O4S/c16-14(17)10-1-5-12(6-2-10)20-9-21-13-7-3-11(4-8-13)15(18)19;2*3-1-2-7(4,5)6/h1-8H,9H2,(H3,16,17)(H3,18,19);2*3H,1-2H2,(H,4,5,6). The van der Waals surface area contributed by atoms with Crippen LogP contribution in [-0.2, 0) is 20.2 Å². The van der Waals surface area contributed by atoms with Gasteiger partial charge in [0.15, 0.2) is 0 Å². The van der Waals surface area contributed by atoms with Crippen molar-refractivity contribution in [3.8, 4) is 11.5 Å². The van der Waals surface area contributed by atoms with Crippen molar-refractivity contribution in [2.24, 2.45) is 11.5 Å². The molecule has 16 heteroatoms. The molecule has 14 nitrogen and oxygen atoms in total. The van der Waals surface area contributed by atoms with Gasteiger partial charge in [0, 0.05) is 11.1 Å². The van der Waals surface area contributed by atoms with Gasteiger partial charge in [-0.1, -0.05) is 0 Å². The molecule has 196 valence electrons. The molecule has 0 amide bonds. The largest absolute Gasteiger partial charge is 0.458 e. The van der Waals surface area contributed by atoms with Crippen LogP contribution in [0.25, 0.3) is 0 Å². The molecule has 35 heavy (non-hydrogen) atoms. The SMILES string of the molecule is N=C(N)c1ccc(OCOc2ccc(C(=N)N)cc2)cc1.O=S(=O)(O)CCO.O=S(=O)(O)CCO. The molecule has 0 unspecified atom stereocenters. The van der Waals surface area contributed by atoms with E-state index >= 15 is 0 Å². The molecular formula is C19H28N4O10S2. The number of nitrogens with two attached hydrogens (primary N) is 2. The predicted molar refractivity (Wildman–Crippen MR) is 128 cm³/mol. The highest BCUT2D eigenvalue weighted by Crippen LogP contribution is 2.14. The summed E-state index contributed by atoms with van der Waals surface area (Å²) in [6.07, 6.45) is 0. The molecule has 0 atom stereocenters. The maximum atomic E-state index is 9.63. The number of rotatable bonds is 10. The summed E-state index contributed by atoms with van der Waals surface area (Å²) >= 11 is 0. The molecule has 10 N–H and O–H groups in total. The number of aliphatic hydroxyl groups is 2. The molecule has 0 heterocycles. The second-order valence-electron chi connectivity index (χ2n) is 6.30. The lowest BCUT2D eigenvalue weighted by atomic mass is 10.2. The van der Waals surface area contributed by atoms with Crippen LogP contribution < -0.4 is 20.9 Å². The van der Waals surface area contributed by atoms with Crippen molar-refractivity contribution in [3.05, 3.63) is 59.7 Å². The van der Waals surface area contributed by atoms with Crippen LogP contribution in [0.3, 0.4) is 0 Å². The number of nitrogens with one attached hydrogen (secondary N) is 2. The number of aliphatic hydroxyl groups excluding tert-OH is 2. The third-order valence-electron chi connectivity index (χ3n) is 3.48. The van der Waals surface area contributed by atoms with Crippen LogP contribution >= 0.6 is 0 Å². The third-order valence-corrected chi connectivity index (χ3v) is 4.88. The van der Waals surface area contributed by atoms with Crippen molar-refractivity contribution in [2.75, 3.05) is 31.5 Å².